The minimum atomic E-state index is 0.358. The number of piperazine rings is 1. The Labute approximate surface area is 185 Å². The molecule has 0 unspecified atom stereocenters. The van der Waals surface area contributed by atoms with Crippen LogP contribution in [0.2, 0.25) is 0 Å². The molecule has 0 amide bonds. The number of methoxy groups -OCH3 is 1. The second-order valence-electron chi connectivity index (χ2n) is 7.45. The summed E-state index contributed by atoms with van der Waals surface area (Å²) in [5.41, 5.74) is 1.94. The Hall–Kier alpha value is -3.04. The van der Waals surface area contributed by atoms with E-state index in [1.165, 1.54) is 0 Å². The van der Waals surface area contributed by atoms with E-state index in [9.17, 15) is 0 Å². The lowest BCUT2D eigenvalue weighted by Gasteiger charge is -2.36. The van der Waals surface area contributed by atoms with Crippen LogP contribution in [-0.4, -0.2) is 61.2 Å². The quantitative estimate of drug-likeness (QED) is 0.559. The van der Waals surface area contributed by atoms with Crippen LogP contribution in [0.1, 0.15) is 0 Å². The van der Waals surface area contributed by atoms with Gasteiger partial charge in [-0.2, -0.15) is 0 Å². The lowest BCUT2D eigenvalue weighted by atomic mass is 10.2. The first-order valence-corrected chi connectivity index (χ1v) is 10.7. The highest BCUT2D eigenvalue weighted by atomic mass is 32.1. The summed E-state index contributed by atoms with van der Waals surface area (Å²) in [5.74, 6) is 2.82. The summed E-state index contributed by atoms with van der Waals surface area (Å²) in [6, 6.07) is 13.8. The molecular weight excluding hydrogens is 416 g/mol. The molecule has 1 saturated heterocycles. The topological polar surface area (TPSA) is 65.1 Å². The summed E-state index contributed by atoms with van der Waals surface area (Å²) in [7, 11) is 1.71. The number of para-hydroxylation sites is 2. The Kier molecular flexibility index (Phi) is 5.52. The van der Waals surface area contributed by atoms with Gasteiger partial charge in [-0.05, 0) is 42.5 Å². The Balaban J connectivity index is 1.26. The highest BCUT2D eigenvalue weighted by Gasteiger charge is 2.21. The Morgan fingerprint density at radius 2 is 1.77 bits per heavy atom. The molecule has 0 bridgehead atoms. The molecule has 1 aromatic heterocycles. The van der Waals surface area contributed by atoms with Crippen LogP contribution in [0.3, 0.4) is 0 Å². The number of aromatic nitrogens is 2. The fourth-order valence-corrected chi connectivity index (χ4v) is 4.08. The molecule has 31 heavy (non-hydrogen) atoms. The molecule has 5 rings (SSSR count). The fourth-order valence-electron chi connectivity index (χ4n) is 3.90. The average Bonchev–Trinajstić information content (AvgIpc) is 3.19. The van der Waals surface area contributed by atoms with Gasteiger partial charge in [-0.1, -0.05) is 12.1 Å². The first-order chi connectivity index (χ1) is 15.2. The summed E-state index contributed by atoms with van der Waals surface area (Å²) in [4.78, 5) is 5.02. The number of rotatable bonds is 5. The van der Waals surface area contributed by atoms with Gasteiger partial charge in [0.15, 0.2) is 11.5 Å². The standard InChI is InChI=1S/C22H24N4O4S/c1-27-18-5-3-2-4-17(18)25-10-8-24(9-11-25)15-26-22(31)30-21(23-26)16-6-7-19-20(14-16)29-13-12-28-19/h2-7,14H,8-13,15H2,1H3. The van der Waals surface area contributed by atoms with Crippen LogP contribution in [0.4, 0.5) is 5.69 Å². The SMILES string of the molecule is COc1ccccc1N1CCN(Cn2nc(-c3ccc4c(c3)OCCO4)oc2=S)CC1. The van der Waals surface area contributed by atoms with Crippen molar-refractivity contribution in [3.05, 3.63) is 47.3 Å². The molecular formula is C22H24N4O4S. The van der Waals surface area contributed by atoms with Crippen molar-refractivity contribution in [2.45, 2.75) is 6.67 Å². The molecule has 3 aromatic rings. The minimum absolute atomic E-state index is 0.358. The fraction of sp³-hybridized carbons (Fsp3) is 0.364. The molecule has 2 aliphatic heterocycles. The predicted molar refractivity (Wildman–Crippen MR) is 119 cm³/mol. The summed E-state index contributed by atoms with van der Waals surface area (Å²) in [6.07, 6.45) is 0. The molecule has 0 saturated carbocycles. The zero-order valence-electron chi connectivity index (χ0n) is 17.3. The maximum Gasteiger partial charge on any atom is 0.288 e. The molecule has 8 nitrogen and oxygen atoms in total. The maximum absolute atomic E-state index is 5.77. The third kappa shape index (κ3) is 4.11. The van der Waals surface area contributed by atoms with Gasteiger partial charge < -0.3 is 23.5 Å². The average molecular weight is 441 g/mol. The molecule has 3 heterocycles. The van der Waals surface area contributed by atoms with Crippen molar-refractivity contribution in [1.82, 2.24) is 14.7 Å². The first-order valence-electron chi connectivity index (χ1n) is 10.3. The van der Waals surface area contributed by atoms with Crippen LogP contribution in [-0.2, 0) is 6.67 Å². The van der Waals surface area contributed by atoms with Crippen molar-refractivity contribution in [2.24, 2.45) is 0 Å². The van der Waals surface area contributed by atoms with Crippen molar-refractivity contribution >= 4 is 17.9 Å². The summed E-state index contributed by atoms with van der Waals surface area (Å²) in [6.45, 7) is 5.28. The van der Waals surface area contributed by atoms with Crippen LogP contribution in [0, 0.1) is 4.84 Å². The smallest absolute Gasteiger partial charge is 0.288 e. The Bertz CT molecular complexity index is 1120. The number of hydrogen-bond acceptors (Lipinski definition) is 8. The monoisotopic (exact) mass is 440 g/mol. The lowest BCUT2D eigenvalue weighted by Crippen LogP contribution is -2.47. The normalized spacial score (nSPS) is 16.4. The third-order valence-corrected chi connectivity index (χ3v) is 5.82. The van der Waals surface area contributed by atoms with Gasteiger partial charge in [0.25, 0.3) is 4.84 Å². The number of hydrogen-bond donors (Lipinski definition) is 0. The predicted octanol–water partition coefficient (Wildman–Crippen LogP) is 3.43. The molecule has 2 aliphatic rings. The van der Waals surface area contributed by atoms with E-state index in [2.05, 4.69) is 21.0 Å². The number of benzene rings is 2. The molecule has 0 spiro atoms. The zero-order chi connectivity index (χ0) is 21.2. The van der Waals surface area contributed by atoms with Gasteiger partial charge in [0.1, 0.15) is 19.0 Å². The van der Waals surface area contributed by atoms with Crippen LogP contribution < -0.4 is 19.1 Å². The molecule has 9 heteroatoms. The minimum Gasteiger partial charge on any atom is -0.495 e. The summed E-state index contributed by atoms with van der Waals surface area (Å²) >= 11 is 5.42. The van der Waals surface area contributed by atoms with Gasteiger partial charge in [0.05, 0.1) is 19.5 Å². The van der Waals surface area contributed by atoms with Crippen molar-refractivity contribution < 1.29 is 18.6 Å². The van der Waals surface area contributed by atoms with E-state index in [-0.39, 0.29) is 0 Å². The van der Waals surface area contributed by atoms with E-state index in [1.54, 1.807) is 11.8 Å². The molecule has 1 fully saturated rings. The van der Waals surface area contributed by atoms with E-state index in [0.29, 0.717) is 36.4 Å². The molecule has 0 aliphatic carbocycles. The van der Waals surface area contributed by atoms with E-state index < -0.39 is 0 Å². The largest absolute Gasteiger partial charge is 0.495 e. The molecule has 0 N–H and O–H groups in total. The number of ether oxygens (including phenoxy) is 3. The van der Waals surface area contributed by atoms with Crippen LogP contribution in [0.5, 0.6) is 17.2 Å². The molecule has 162 valence electrons. The van der Waals surface area contributed by atoms with E-state index in [1.807, 2.05) is 36.4 Å². The summed E-state index contributed by atoms with van der Waals surface area (Å²) < 4.78 is 24.2. The Morgan fingerprint density at radius 3 is 2.58 bits per heavy atom. The molecule has 0 radical (unpaired) electrons. The van der Waals surface area contributed by atoms with Crippen LogP contribution in [0.25, 0.3) is 11.5 Å². The Morgan fingerprint density at radius 1 is 1.00 bits per heavy atom. The van der Waals surface area contributed by atoms with Crippen molar-refractivity contribution in [3.63, 3.8) is 0 Å². The molecule has 0 atom stereocenters. The number of nitrogens with zero attached hydrogens (tertiary/aromatic N) is 4. The summed E-state index contributed by atoms with van der Waals surface area (Å²) in [5, 5.41) is 4.60. The van der Waals surface area contributed by atoms with Crippen LogP contribution in [0.15, 0.2) is 46.9 Å². The van der Waals surface area contributed by atoms with Crippen LogP contribution >= 0.6 is 12.2 Å². The van der Waals surface area contributed by atoms with E-state index in [4.69, 9.17) is 30.8 Å². The van der Waals surface area contributed by atoms with Gasteiger partial charge in [-0.15, -0.1) is 5.10 Å². The van der Waals surface area contributed by atoms with Gasteiger partial charge in [0, 0.05) is 31.7 Å². The lowest BCUT2D eigenvalue weighted by molar-refractivity contribution is 0.171. The zero-order valence-corrected chi connectivity index (χ0v) is 18.1. The second-order valence-corrected chi connectivity index (χ2v) is 7.80. The highest BCUT2D eigenvalue weighted by molar-refractivity contribution is 7.71. The highest BCUT2D eigenvalue weighted by Crippen LogP contribution is 2.34. The second kappa shape index (κ2) is 8.60. The van der Waals surface area contributed by atoms with Gasteiger partial charge in [0.2, 0.25) is 5.89 Å². The maximum atomic E-state index is 5.77. The van der Waals surface area contributed by atoms with Gasteiger partial charge in [-0.25, -0.2) is 4.68 Å². The van der Waals surface area contributed by atoms with Crippen molar-refractivity contribution in [1.29, 1.82) is 0 Å². The third-order valence-electron chi connectivity index (χ3n) is 5.53. The number of anilines is 1. The van der Waals surface area contributed by atoms with Crippen molar-refractivity contribution in [2.75, 3.05) is 51.4 Å². The van der Waals surface area contributed by atoms with E-state index in [0.717, 1.165) is 48.9 Å². The van der Waals surface area contributed by atoms with Gasteiger partial charge in [-0.3, -0.25) is 4.90 Å². The van der Waals surface area contributed by atoms with Gasteiger partial charge >= 0.3 is 0 Å². The first kappa shape index (κ1) is 19.9. The number of fused-ring (bicyclic) bond motifs is 1. The molecule has 2 aromatic carbocycles. The van der Waals surface area contributed by atoms with Crippen molar-refractivity contribution in [3.8, 4) is 28.7 Å². The van der Waals surface area contributed by atoms with E-state index >= 15 is 0 Å².